The SMILES string of the molecule is COc1ccc(CC(=O)NCc2nc(-c3ccc(Cl)cc3)no2)cc1. The molecule has 3 aromatic rings. The number of benzene rings is 2. The van der Waals surface area contributed by atoms with Crippen molar-refractivity contribution >= 4 is 17.5 Å². The molecular weight excluding hydrogens is 342 g/mol. The summed E-state index contributed by atoms with van der Waals surface area (Å²) in [6.07, 6.45) is 0.266. The molecule has 1 heterocycles. The fourth-order valence-corrected chi connectivity index (χ4v) is 2.33. The van der Waals surface area contributed by atoms with Crippen LogP contribution in [0.15, 0.2) is 53.1 Å². The normalized spacial score (nSPS) is 10.5. The smallest absolute Gasteiger partial charge is 0.246 e. The van der Waals surface area contributed by atoms with E-state index in [1.165, 1.54) is 0 Å². The highest BCUT2D eigenvalue weighted by Gasteiger charge is 2.10. The first-order valence-corrected chi connectivity index (χ1v) is 8.00. The van der Waals surface area contributed by atoms with Gasteiger partial charge in [-0.3, -0.25) is 4.79 Å². The predicted octanol–water partition coefficient (Wildman–Crippen LogP) is 3.26. The van der Waals surface area contributed by atoms with Gasteiger partial charge in [-0.1, -0.05) is 28.9 Å². The Kier molecular flexibility index (Phi) is 5.30. The van der Waals surface area contributed by atoms with E-state index in [-0.39, 0.29) is 18.9 Å². The average Bonchev–Trinajstić information content (AvgIpc) is 3.10. The van der Waals surface area contributed by atoms with Gasteiger partial charge in [-0.25, -0.2) is 0 Å². The van der Waals surface area contributed by atoms with Crippen LogP contribution in [0.4, 0.5) is 0 Å². The molecule has 7 heteroatoms. The maximum Gasteiger partial charge on any atom is 0.246 e. The lowest BCUT2D eigenvalue weighted by Crippen LogP contribution is -2.24. The third kappa shape index (κ3) is 4.58. The van der Waals surface area contributed by atoms with E-state index in [0.717, 1.165) is 16.9 Å². The highest BCUT2D eigenvalue weighted by molar-refractivity contribution is 6.30. The number of carbonyl (C=O) groups is 1. The molecule has 6 nitrogen and oxygen atoms in total. The van der Waals surface area contributed by atoms with Gasteiger partial charge in [-0.15, -0.1) is 0 Å². The molecule has 0 aliphatic rings. The molecule has 128 valence electrons. The Bertz CT molecular complexity index is 845. The zero-order chi connectivity index (χ0) is 17.6. The number of hydrogen-bond donors (Lipinski definition) is 1. The predicted molar refractivity (Wildman–Crippen MR) is 93.3 cm³/mol. The second-order valence-electron chi connectivity index (χ2n) is 5.32. The lowest BCUT2D eigenvalue weighted by Gasteiger charge is -2.04. The summed E-state index contributed by atoms with van der Waals surface area (Å²) in [6.45, 7) is 0.176. The summed E-state index contributed by atoms with van der Waals surface area (Å²) in [5.41, 5.74) is 1.69. The standard InChI is InChI=1S/C18H16ClN3O3/c1-24-15-8-2-12(3-9-15)10-16(23)20-11-17-21-18(22-25-17)13-4-6-14(19)7-5-13/h2-9H,10-11H2,1H3,(H,20,23). The van der Waals surface area contributed by atoms with Crippen molar-refractivity contribution in [1.82, 2.24) is 15.5 Å². The van der Waals surface area contributed by atoms with Gasteiger partial charge in [0.25, 0.3) is 0 Å². The zero-order valence-electron chi connectivity index (χ0n) is 13.5. The fourth-order valence-electron chi connectivity index (χ4n) is 2.21. The Hall–Kier alpha value is -2.86. The van der Waals surface area contributed by atoms with Crippen LogP contribution in [0, 0.1) is 0 Å². The number of aromatic nitrogens is 2. The van der Waals surface area contributed by atoms with E-state index in [1.54, 1.807) is 31.4 Å². The molecule has 2 aromatic carbocycles. The monoisotopic (exact) mass is 357 g/mol. The first kappa shape index (κ1) is 17.0. The lowest BCUT2D eigenvalue weighted by molar-refractivity contribution is -0.120. The van der Waals surface area contributed by atoms with Crippen molar-refractivity contribution in [2.24, 2.45) is 0 Å². The number of rotatable bonds is 6. The van der Waals surface area contributed by atoms with E-state index >= 15 is 0 Å². The van der Waals surface area contributed by atoms with Crippen LogP contribution in [0.25, 0.3) is 11.4 Å². The molecule has 1 N–H and O–H groups in total. The Balaban J connectivity index is 1.54. The van der Waals surface area contributed by atoms with Crippen LogP contribution < -0.4 is 10.1 Å². The maximum absolute atomic E-state index is 12.0. The van der Waals surface area contributed by atoms with Gasteiger partial charge in [0.2, 0.25) is 17.6 Å². The molecule has 0 aliphatic heterocycles. The highest BCUT2D eigenvalue weighted by Crippen LogP contribution is 2.18. The average molecular weight is 358 g/mol. The number of ether oxygens (including phenoxy) is 1. The van der Waals surface area contributed by atoms with E-state index in [0.29, 0.717) is 16.7 Å². The Morgan fingerprint density at radius 3 is 2.56 bits per heavy atom. The van der Waals surface area contributed by atoms with Gasteiger partial charge in [0, 0.05) is 10.6 Å². The number of methoxy groups -OCH3 is 1. The summed E-state index contributed by atoms with van der Waals surface area (Å²) < 4.78 is 10.2. The first-order valence-electron chi connectivity index (χ1n) is 7.62. The van der Waals surface area contributed by atoms with Crippen molar-refractivity contribution in [3.63, 3.8) is 0 Å². The molecule has 0 radical (unpaired) electrons. The van der Waals surface area contributed by atoms with E-state index in [2.05, 4.69) is 15.5 Å². The van der Waals surface area contributed by atoms with Crippen LogP contribution in [0.5, 0.6) is 5.75 Å². The summed E-state index contributed by atoms with van der Waals surface area (Å²) in [5, 5.41) is 7.30. The molecule has 0 saturated heterocycles. The molecule has 0 fully saturated rings. The van der Waals surface area contributed by atoms with E-state index in [9.17, 15) is 4.79 Å². The summed E-state index contributed by atoms with van der Waals surface area (Å²) in [6, 6.07) is 14.5. The van der Waals surface area contributed by atoms with Gasteiger partial charge in [0.1, 0.15) is 5.75 Å². The van der Waals surface area contributed by atoms with E-state index in [4.69, 9.17) is 20.9 Å². The summed E-state index contributed by atoms with van der Waals surface area (Å²) in [5.74, 6) is 1.42. The minimum absolute atomic E-state index is 0.128. The molecule has 1 amide bonds. The molecule has 0 spiro atoms. The Morgan fingerprint density at radius 2 is 1.88 bits per heavy atom. The van der Waals surface area contributed by atoms with Crippen molar-refractivity contribution in [2.45, 2.75) is 13.0 Å². The van der Waals surface area contributed by atoms with Gasteiger partial charge >= 0.3 is 0 Å². The molecule has 0 unspecified atom stereocenters. The topological polar surface area (TPSA) is 77.2 Å². The van der Waals surface area contributed by atoms with Crippen LogP contribution in [-0.2, 0) is 17.8 Å². The molecule has 0 aliphatic carbocycles. The quantitative estimate of drug-likeness (QED) is 0.732. The summed E-state index contributed by atoms with van der Waals surface area (Å²) in [7, 11) is 1.60. The Morgan fingerprint density at radius 1 is 1.16 bits per heavy atom. The fraction of sp³-hybridized carbons (Fsp3) is 0.167. The van der Waals surface area contributed by atoms with Gasteiger partial charge in [-0.05, 0) is 42.0 Å². The first-order chi connectivity index (χ1) is 12.1. The molecule has 0 bridgehead atoms. The largest absolute Gasteiger partial charge is 0.497 e. The second kappa shape index (κ2) is 7.81. The summed E-state index contributed by atoms with van der Waals surface area (Å²) >= 11 is 5.85. The minimum atomic E-state index is -0.128. The Labute approximate surface area is 149 Å². The van der Waals surface area contributed by atoms with Crippen LogP contribution in [0.3, 0.4) is 0 Å². The zero-order valence-corrected chi connectivity index (χ0v) is 14.3. The van der Waals surface area contributed by atoms with Crippen molar-refractivity contribution in [1.29, 1.82) is 0 Å². The molecule has 1 aromatic heterocycles. The number of nitrogens with zero attached hydrogens (tertiary/aromatic N) is 2. The molecular formula is C18H16ClN3O3. The number of halogens is 1. The van der Waals surface area contributed by atoms with Crippen molar-refractivity contribution < 1.29 is 14.1 Å². The third-order valence-electron chi connectivity index (χ3n) is 3.53. The number of carbonyl (C=O) groups excluding carboxylic acids is 1. The van der Waals surface area contributed by atoms with Gasteiger partial charge in [-0.2, -0.15) is 4.98 Å². The third-order valence-corrected chi connectivity index (χ3v) is 3.78. The van der Waals surface area contributed by atoms with Crippen LogP contribution in [0.1, 0.15) is 11.5 Å². The van der Waals surface area contributed by atoms with Crippen molar-refractivity contribution in [2.75, 3.05) is 7.11 Å². The van der Waals surface area contributed by atoms with Gasteiger partial charge in [0.05, 0.1) is 20.1 Å². The van der Waals surface area contributed by atoms with E-state index in [1.807, 2.05) is 24.3 Å². The second-order valence-corrected chi connectivity index (χ2v) is 5.76. The van der Waals surface area contributed by atoms with Crippen LogP contribution in [-0.4, -0.2) is 23.2 Å². The lowest BCUT2D eigenvalue weighted by atomic mass is 10.1. The molecule has 0 atom stereocenters. The van der Waals surface area contributed by atoms with Crippen molar-refractivity contribution in [3.8, 4) is 17.1 Å². The summed E-state index contributed by atoms with van der Waals surface area (Å²) in [4.78, 5) is 16.3. The van der Waals surface area contributed by atoms with E-state index < -0.39 is 0 Å². The molecule has 3 rings (SSSR count). The van der Waals surface area contributed by atoms with Gasteiger partial charge < -0.3 is 14.6 Å². The van der Waals surface area contributed by atoms with Gasteiger partial charge in [0.15, 0.2) is 0 Å². The van der Waals surface area contributed by atoms with Crippen LogP contribution in [0.2, 0.25) is 5.02 Å². The maximum atomic E-state index is 12.0. The van der Waals surface area contributed by atoms with Crippen molar-refractivity contribution in [3.05, 3.63) is 65.0 Å². The molecule has 25 heavy (non-hydrogen) atoms. The highest BCUT2D eigenvalue weighted by atomic mass is 35.5. The van der Waals surface area contributed by atoms with Crippen LogP contribution >= 0.6 is 11.6 Å². The minimum Gasteiger partial charge on any atom is -0.497 e. The number of hydrogen-bond acceptors (Lipinski definition) is 5. The number of nitrogens with one attached hydrogen (secondary N) is 1. The number of amides is 1. The molecule has 0 saturated carbocycles.